The van der Waals surface area contributed by atoms with Crippen LogP contribution in [0.4, 0.5) is 0 Å². The second-order valence-corrected chi connectivity index (χ2v) is 5.26. The van der Waals surface area contributed by atoms with E-state index in [2.05, 4.69) is 15.1 Å². The van der Waals surface area contributed by atoms with Gasteiger partial charge < -0.3 is 10.2 Å². The van der Waals surface area contributed by atoms with Crippen LogP contribution in [0.2, 0.25) is 0 Å². The molecule has 7 nitrogen and oxygen atoms in total. The number of nitrogens with zero attached hydrogens (tertiary/aromatic N) is 5. The van der Waals surface area contributed by atoms with Gasteiger partial charge in [-0.05, 0) is 35.4 Å². The molecule has 0 spiro atoms. The van der Waals surface area contributed by atoms with Gasteiger partial charge >= 0.3 is 0 Å². The van der Waals surface area contributed by atoms with Gasteiger partial charge in [0.15, 0.2) is 5.82 Å². The molecule has 3 rings (SSSR count). The Bertz CT molecular complexity index is 857. The third-order valence-corrected chi connectivity index (χ3v) is 3.58. The number of pyridine rings is 1. The number of aliphatic hydroxyl groups excluding tert-OH is 2. The molecule has 0 amide bonds. The molecule has 2 heterocycles. The van der Waals surface area contributed by atoms with Crippen LogP contribution in [-0.4, -0.2) is 30.0 Å². The highest BCUT2D eigenvalue weighted by Crippen LogP contribution is 2.19. The number of nitriles is 1. The van der Waals surface area contributed by atoms with E-state index in [-0.39, 0.29) is 12.4 Å². The molecular weight excluding hydrogens is 306 g/mol. The standard InChI is InChI=1S/C17H15N5O2/c18-9-12-2-1-3-14(8-12)15(23)10-22-11-20-17(21-22)16(24)13-4-6-19-7-5-13/h1-8,11,15-16,23-24H,10H2. The van der Waals surface area contributed by atoms with Crippen molar-refractivity contribution in [2.45, 2.75) is 18.8 Å². The van der Waals surface area contributed by atoms with Gasteiger partial charge in [0.25, 0.3) is 0 Å². The summed E-state index contributed by atoms with van der Waals surface area (Å²) in [6.07, 6.45) is 2.85. The Morgan fingerprint density at radius 3 is 2.67 bits per heavy atom. The van der Waals surface area contributed by atoms with Crippen molar-refractivity contribution in [3.05, 3.63) is 77.6 Å². The van der Waals surface area contributed by atoms with E-state index in [4.69, 9.17) is 5.26 Å². The topological polar surface area (TPSA) is 108 Å². The molecule has 0 aliphatic heterocycles. The van der Waals surface area contributed by atoms with E-state index < -0.39 is 12.2 Å². The van der Waals surface area contributed by atoms with Gasteiger partial charge in [-0.25, -0.2) is 9.67 Å². The van der Waals surface area contributed by atoms with Crippen LogP contribution in [0.3, 0.4) is 0 Å². The highest BCUT2D eigenvalue weighted by Gasteiger charge is 2.16. The number of hydrogen-bond acceptors (Lipinski definition) is 6. The number of hydrogen-bond donors (Lipinski definition) is 2. The maximum atomic E-state index is 10.3. The fourth-order valence-corrected chi connectivity index (χ4v) is 2.32. The largest absolute Gasteiger partial charge is 0.386 e. The Balaban J connectivity index is 1.73. The summed E-state index contributed by atoms with van der Waals surface area (Å²) in [5.41, 5.74) is 1.75. The molecule has 0 saturated carbocycles. The Labute approximate surface area is 138 Å². The Morgan fingerprint density at radius 2 is 1.92 bits per heavy atom. The van der Waals surface area contributed by atoms with Gasteiger partial charge in [-0.2, -0.15) is 10.4 Å². The van der Waals surface area contributed by atoms with Crippen molar-refractivity contribution in [2.24, 2.45) is 0 Å². The van der Waals surface area contributed by atoms with Gasteiger partial charge in [0, 0.05) is 12.4 Å². The molecule has 0 aliphatic carbocycles. The molecule has 2 aromatic heterocycles. The van der Waals surface area contributed by atoms with Gasteiger partial charge in [-0.3, -0.25) is 4.98 Å². The van der Waals surface area contributed by atoms with E-state index in [0.29, 0.717) is 16.7 Å². The van der Waals surface area contributed by atoms with Gasteiger partial charge in [0.1, 0.15) is 12.4 Å². The van der Waals surface area contributed by atoms with Gasteiger partial charge in [-0.15, -0.1) is 0 Å². The molecule has 120 valence electrons. The summed E-state index contributed by atoms with van der Waals surface area (Å²) < 4.78 is 1.46. The van der Waals surface area contributed by atoms with Gasteiger partial charge in [0.05, 0.1) is 24.3 Å². The molecule has 7 heteroatoms. The van der Waals surface area contributed by atoms with Crippen molar-refractivity contribution in [3.63, 3.8) is 0 Å². The predicted molar refractivity (Wildman–Crippen MR) is 84.4 cm³/mol. The molecule has 2 unspecified atom stereocenters. The van der Waals surface area contributed by atoms with Crippen LogP contribution in [0, 0.1) is 11.3 Å². The van der Waals surface area contributed by atoms with Crippen molar-refractivity contribution in [1.82, 2.24) is 19.7 Å². The van der Waals surface area contributed by atoms with Crippen LogP contribution in [0.5, 0.6) is 0 Å². The van der Waals surface area contributed by atoms with Gasteiger partial charge in [-0.1, -0.05) is 12.1 Å². The van der Waals surface area contributed by atoms with E-state index in [9.17, 15) is 10.2 Å². The average Bonchev–Trinajstić information content (AvgIpc) is 3.10. The van der Waals surface area contributed by atoms with Crippen LogP contribution in [0.25, 0.3) is 0 Å². The number of aromatic nitrogens is 4. The highest BCUT2D eigenvalue weighted by atomic mass is 16.3. The van der Waals surface area contributed by atoms with E-state index in [1.54, 1.807) is 48.8 Å². The SMILES string of the molecule is N#Cc1cccc(C(O)Cn2cnc(C(O)c3ccncc3)n2)c1. The normalized spacial score (nSPS) is 13.2. The van der Waals surface area contributed by atoms with Gasteiger partial charge in [0.2, 0.25) is 0 Å². The summed E-state index contributed by atoms with van der Waals surface area (Å²) in [4.78, 5) is 7.99. The lowest BCUT2D eigenvalue weighted by Gasteiger charge is -2.11. The number of aliphatic hydroxyl groups is 2. The summed E-state index contributed by atoms with van der Waals surface area (Å²) in [7, 11) is 0. The molecule has 0 radical (unpaired) electrons. The van der Waals surface area contributed by atoms with Crippen molar-refractivity contribution in [1.29, 1.82) is 5.26 Å². The Hall–Kier alpha value is -3.08. The summed E-state index contributed by atoms with van der Waals surface area (Å²) in [6, 6.07) is 12.2. The molecule has 0 bridgehead atoms. The zero-order valence-electron chi connectivity index (χ0n) is 12.7. The molecule has 0 saturated heterocycles. The minimum Gasteiger partial charge on any atom is -0.386 e. The lowest BCUT2D eigenvalue weighted by atomic mass is 10.1. The number of rotatable bonds is 5. The van der Waals surface area contributed by atoms with Crippen molar-refractivity contribution in [2.75, 3.05) is 0 Å². The van der Waals surface area contributed by atoms with Crippen molar-refractivity contribution < 1.29 is 10.2 Å². The fourth-order valence-electron chi connectivity index (χ4n) is 2.32. The smallest absolute Gasteiger partial charge is 0.183 e. The monoisotopic (exact) mass is 321 g/mol. The second kappa shape index (κ2) is 7.00. The summed E-state index contributed by atoms with van der Waals surface area (Å²) in [5.74, 6) is 0.249. The first-order valence-corrected chi connectivity index (χ1v) is 7.33. The van der Waals surface area contributed by atoms with Crippen LogP contribution in [0.15, 0.2) is 55.1 Å². The molecule has 0 fully saturated rings. The lowest BCUT2D eigenvalue weighted by molar-refractivity contribution is 0.150. The molecule has 3 aromatic rings. The molecule has 2 N–H and O–H groups in total. The predicted octanol–water partition coefficient (Wildman–Crippen LogP) is 1.36. The molecule has 24 heavy (non-hydrogen) atoms. The van der Waals surface area contributed by atoms with Crippen LogP contribution < -0.4 is 0 Å². The minimum atomic E-state index is -0.951. The van der Waals surface area contributed by atoms with Crippen LogP contribution >= 0.6 is 0 Å². The second-order valence-electron chi connectivity index (χ2n) is 5.26. The maximum absolute atomic E-state index is 10.3. The zero-order valence-corrected chi connectivity index (χ0v) is 12.7. The van der Waals surface area contributed by atoms with E-state index in [1.165, 1.54) is 11.0 Å². The third-order valence-electron chi connectivity index (χ3n) is 3.58. The molecule has 2 atom stereocenters. The van der Waals surface area contributed by atoms with Crippen LogP contribution in [-0.2, 0) is 6.54 Å². The minimum absolute atomic E-state index is 0.172. The summed E-state index contributed by atoms with van der Waals surface area (Å²) >= 11 is 0. The quantitative estimate of drug-likeness (QED) is 0.734. The van der Waals surface area contributed by atoms with E-state index in [1.807, 2.05) is 6.07 Å². The van der Waals surface area contributed by atoms with Crippen molar-refractivity contribution >= 4 is 0 Å². The molecule has 0 aliphatic rings. The first-order valence-electron chi connectivity index (χ1n) is 7.33. The number of benzene rings is 1. The molecule has 1 aromatic carbocycles. The third kappa shape index (κ3) is 3.46. The van der Waals surface area contributed by atoms with E-state index in [0.717, 1.165) is 0 Å². The molecular formula is C17H15N5O2. The first-order chi connectivity index (χ1) is 11.7. The Kier molecular flexibility index (Phi) is 4.61. The van der Waals surface area contributed by atoms with Crippen LogP contribution in [0.1, 0.15) is 34.7 Å². The zero-order chi connectivity index (χ0) is 16.9. The highest BCUT2D eigenvalue weighted by molar-refractivity contribution is 5.33. The Morgan fingerprint density at radius 1 is 1.12 bits per heavy atom. The van der Waals surface area contributed by atoms with Crippen molar-refractivity contribution in [3.8, 4) is 6.07 Å². The summed E-state index contributed by atoms with van der Waals surface area (Å²) in [5, 5.41) is 33.7. The average molecular weight is 321 g/mol. The fraction of sp³-hybridized carbons (Fsp3) is 0.176. The lowest BCUT2D eigenvalue weighted by Crippen LogP contribution is -2.10. The first kappa shape index (κ1) is 15.8. The van der Waals surface area contributed by atoms with E-state index >= 15 is 0 Å². The maximum Gasteiger partial charge on any atom is 0.183 e. The summed E-state index contributed by atoms with van der Waals surface area (Å²) in [6.45, 7) is 0.172.